The lowest BCUT2D eigenvalue weighted by Crippen LogP contribution is -2.21. The zero-order chi connectivity index (χ0) is 20.1. The van der Waals surface area contributed by atoms with E-state index >= 15 is 0 Å². The number of carbonyl (C=O) groups excluding carboxylic acids is 2. The van der Waals surface area contributed by atoms with Crippen molar-refractivity contribution in [2.45, 2.75) is 19.8 Å². The van der Waals surface area contributed by atoms with Gasteiger partial charge in [0.1, 0.15) is 16.3 Å². The molecule has 0 radical (unpaired) electrons. The Balaban J connectivity index is 1.75. The second kappa shape index (κ2) is 9.03. The minimum atomic E-state index is -0.481. The Morgan fingerprint density at radius 1 is 1.11 bits per heavy atom. The van der Waals surface area contributed by atoms with Crippen LogP contribution in [0.3, 0.4) is 0 Å². The van der Waals surface area contributed by atoms with Crippen LogP contribution in [0.25, 0.3) is 10.4 Å². The highest BCUT2D eigenvalue weighted by atomic mass is 32.1. The van der Waals surface area contributed by atoms with Crippen LogP contribution in [0, 0.1) is 0 Å². The minimum absolute atomic E-state index is 0.142. The van der Waals surface area contributed by atoms with Gasteiger partial charge in [-0.3, -0.25) is 4.79 Å². The lowest BCUT2D eigenvalue weighted by molar-refractivity contribution is -0.118. The molecule has 3 rings (SSSR count). The summed E-state index contributed by atoms with van der Waals surface area (Å²) >= 11 is 2.82. The van der Waals surface area contributed by atoms with Gasteiger partial charge in [-0.1, -0.05) is 38.1 Å². The molecule has 7 heteroatoms. The van der Waals surface area contributed by atoms with Crippen LogP contribution in [0.15, 0.2) is 47.2 Å². The van der Waals surface area contributed by atoms with Crippen molar-refractivity contribution >= 4 is 39.6 Å². The third-order valence-corrected chi connectivity index (χ3v) is 5.92. The first-order chi connectivity index (χ1) is 13.5. The van der Waals surface area contributed by atoms with Crippen molar-refractivity contribution in [2.24, 2.45) is 0 Å². The highest BCUT2D eigenvalue weighted by Gasteiger charge is 2.23. The van der Waals surface area contributed by atoms with Crippen molar-refractivity contribution in [3.63, 3.8) is 0 Å². The predicted octanol–water partition coefficient (Wildman–Crippen LogP) is 5.40. The molecule has 0 fully saturated rings. The number of esters is 1. The lowest BCUT2D eigenvalue weighted by Gasteiger charge is -2.13. The Hall–Kier alpha value is -2.64. The van der Waals surface area contributed by atoms with E-state index in [0.29, 0.717) is 16.3 Å². The maximum atomic E-state index is 12.4. The lowest BCUT2D eigenvalue weighted by atomic mass is 10.0. The fourth-order valence-corrected chi connectivity index (χ4v) is 4.55. The van der Waals surface area contributed by atoms with Gasteiger partial charge in [0.05, 0.1) is 7.11 Å². The number of thiophene rings is 2. The molecule has 3 aromatic rings. The Morgan fingerprint density at radius 2 is 1.89 bits per heavy atom. The van der Waals surface area contributed by atoms with Crippen LogP contribution in [0.2, 0.25) is 0 Å². The molecule has 0 aliphatic carbocycles. The zero-order valence-electron chi connectivity index (χ0n) is 15.9. The van der Waals surface area contributed by atoms with E-state index in [9.17, 15) is 9.59 Å². The maximum Gasteiger partial charge on any atom is 0.341 e. The molecule has 2 aromatic heterocycles. The van der Waals surface area contributed by atoms with Crippen molar-refractivity contribution < 1.29 is 19.1 Å². The quantitative estimate of drug-likeness (QED) is 0.525. The predicted molar refractivity (Wildman–Crippen MR) is 114 cm³/mol. The van der Waals surface area contributed by atoms with Gasteiger partial charge in [-0.05, 0) is 29.0 Å². The van der Waals surface area contributed by atoms with Gasteiger partial charge in [0.2, 0.25) is 0 Å². The highest BCUT2D eigenvalue weighted by Crippen LogP contribution is 2.38. The summed E-state index contributed by atoms with van der Waals surface area (Å²) in [5, 5.41) is 7.03. The molecule has 146 valence electrons. The summed E-state index contributed by atoms with van der Waals surface area (Å²) in [6.07, 6.45) is 0. The van der Waals surface area contributed by atoms with Crippen molar-refractivity contribution in [3.05, 3.63) is 58.3 Å². The van der Waals surface area contributed by atoms with Crippen LogP contribution in [0.4, 0.5) is 5.00 Å². The summed E-state index contributed by atoms with van der Waals surface area (Å²) in [6, 6.07) is 11.5. The van der Waals surface area contributed by atoms with Crippen LogP contribution in [0.5, 0.6) is 5.75 Å². The molecule has 28 heavy (non-hydrogen) atoms. The van der Waals surface area contributed by atoms with Gasteiger partial charge in [-0.25, -0.2) is 4.79 Å². The normalized spacial score (nSPS) is 10.7. The van der Waals surface area contributed by atoms with E-state index in [-0.39, 0.29) is 18.4 Å². The van der Waals surface area contributed by atoms with Crippen molar-refractivity contribution in [3.8, 4) is 16.2 Å². The summed E-state index contributed by atoms with van der Waals surface area (Å²) in [5.41, 5.74) is 2.17. The fourth-order valence-electron chi connectivity index (χ4n) is 2.76. The number of rotatable bonds is 7. The van der Waals surface area contributed by atoms with Crippen molar-refractivity contribution in [1.29, 1.82) is 0 Å². The molecule has 0 atom stereocenters. The van der Waals surface area contributed by atoms with E-state index in [1.807, 2.05) is 47.2 Å². The number of amides is 1. The Bertz CT molecular complexity index is 961. The van der Waals surface area contributed by atoms with Gasteiger partial charge in [-0.2, -0.15) is 0 Å². The second-order valence-electron chi connectivity index (χ2n) is 6.35. The molecule has 0 aliphatic heterocycles. The van der Waals surface area contributed by atoms with Gasteiger partial charge >= 0.3 is 5.97 Å². The topological polar surface area (TPSA) is 64.6 Å². The molecule has 0 aliphatic rings. The molecular formula is C21H21NO4S2. The van der Waals surface area contributed by atoms with Gasteiger partial charge in [-0.15, -0.1) is 22.7 Å². The molecule has 0 spiro atoms. The Morgan fingerprint density at radius 3 is 2.57 bits per heavy atom. The number of ether oxygens (including phenoxy) is 2. The van der Waals surface area contributed by atoms with Crippen LogP contribution >= 0.6 is 22.7 Å². The summed E-state index contributed by atoms with van der Waals surface area (Å²) < 4.78 is 10.6. The Kier molecular flexibility index (Phi) is 6.49. The number of methoxy groups -OCH3 is 1. The van der Waals surface area contributed by atoms with E-state index in [1.54, 1.807) is 0 Å². The van der Waals surface area contributed by atoms with E-state index in [1.165, 1.54) is 29.8 Å². The number of para-hydroxylation sites is 1. The van der Waals surface area contributed by atoms with Crippen LogP contribution in [-0.2, 0) is 9.53 Å². The number of anilines is 1. The van der Waals surface area contributed by atoms with Crippen molar-refractivity contribution in [2.75, 3.05) is 19.0 Å². The Labute approximate surface area is 171 Å². The summed E-state index contributed by atoms with van der Waals surface area (Å²) in [4.78, 5) is 25.7. The van der Waals surface area contributed by atoms with Gasteiger partial charge in [0, 0.05) is 15.8 Å². The SMILES string of the molecule is COC(=O)c1c(-c2cccs2)csc1NC(=O)COc1ccccc1C(C)C. The molecule has 1 N–H and O–H groups in total. The van der Waals surface area contributed by atoms with Crippen LogP contribution in [0.1, 0.15) is 35.7 Å². The summed E-state index contributed by atoms with van der Waals surface area (Å²) in [5.74, 6) is 0.163. The maximum absolute atomic E-state index is 12.4. The first-order valence-electron chi connectivity index (χ1n) is 8.76. The third kappa shape index (κ3) is 4.43. The van der Waals surface area contributed by atoms with Crippen LogP contribution in [-0.4, -0.2) is 25.6 Å². The molecular weight excluding hydrogens is 394 g/mol. The average Bonchev–Trinajstić information content (AvgIpc) is 3.35. The third-order valence-electron chi connectivity index (χ3n) is 4.12. The van der Waals surface area contributed by atoms with E-state index < -0.39 is 5.97 Å². The monoisotopic (exact) mass is 415 g/mol. The zero-order valence-corrected chi connectivity index (χ0v) is 17.5. The number of benzene rings is 1. The molecule has 0 saturated heterocycles. The molecule has 1 amide bonds. The van der Waals surface area contributed by atoms with E-state index in [4.69, 9.17) is 9.47 Å². The van der Waals surface area contributed by atoms with Gasteiger partial charge < -0.3 is 14.8 Å². The fraction of sp³-hybridized carbons (Fsp3) is 0.238. The van der Waals surface area contributed by atoms with Gasteiger partial charge in [0.25, 0.3) is 5.91 Å². The molecule has 2 heterocycles. The number of carbonyl (C=O) groups is 2. The number of hydrogen-bond acceptors (Lipinski definition) is 6. The molecule has 1 aromatic carbocycles. The highest BCUT2D eigenvalue weighted by molar-refractivity contribution is 7.17. The smallest absolute Gasteiger partial charge is 0.341 e. The number of nitrogens with one attached hydrogen (secondary N) is 1. The van der Waals surface area contributed by atoms with Crippen molar-refractivity contribution in [1.82, 2.24) is 0 Å². The summed E-state index contributed by atoms with van der Waals surface area (Å²) in [6.45, 7) is 4.00. The average molecular weight is 416 g/mol. The van der Waals surface area contributed by atoms with E-state index in [2.05, 4.69) is 19.2 Å². The second-order valence-corrected chi connectivity index (χ2v) is 8.18. The first-order valence-corrected chi connectivity index (χ1v) is 10.5. The van der Waals surface area contributed by atoms with Crippen LogP contribution < -0.4 is 10.1 Å². The first kappa shape index (κ1) is 20.1. The van der Waals surface area contributed by atoms with Gasteiger partial charge in [0.15, 0.2) is 6.61 Å². The molecule has 0 bridgehead atoms. The summed E-state index contributed by atoms with van der Waals surface area (Å²) in [7, 11) is 1.33. The largest absolute Gasteiger partial charge is 0.483 e. The molecule has 0 saturated carbocycles. The van der Waals surface area contributed by atoms with E-state index in [0.717, 1.165) is 16.0 Å². The molecule has 5 nitrogen and oxygen atoms in total. The molecule has 0 unspecified atom stereocenters. The minimum Gasteiger partial charge on any atom is -0.483 e. The number of hydrogen-bond donors (Lipinski definition) is 1. The standard InChI is InChI=1S/C21H21NO4S2/c1-13(2)14-7-4-5-8-16(14)26-11-18(23)22-20-19(21(24)25-3)15(12-28-20)17-9-6-10-27-17/h4-10,12-13H,11H2,1-3H3,(H,22,23).